The zero-order chi connectivity index (χ0) is 8.15. The molecule has 1 N–H and O–H groups in total. The number of hydrogen-bond acceptors (Lipinski definition) is 4. The van der Waals surface area contributed by atoms with Gasteiger partial charge < -0.3 is 9.94 Å². The van der Waals surface area contributed by atoms with Crippen LogP contribution in [0.1, 0.15) is 6.92 Å². The summed E-state index contributed by atoms with van der Waals surface area (Å²) in [6.45, 7) is 4.52. The molecule has 0 aliphatic carbocycles. The highest BCUT2D eigenvalue weighted by molar-refractivity contribution is 4.96. The Morgan fingerprint density at radius 2 is 2.50 bits per heavy atom. The van der Waals surface area contributed by atoms with Crippen molar-refractivity contribution in [2.45, 2.75) is 13.0 Å². The molecule has 58 valence electrons. The van der Waals surface area contributed by atoms with Gasteiger partial charge in [-0.05, 0) is 12.5 Å². The first-order valence-electron chi connectivity index (χ1n) is 2.65. The molecule has 5 nitrogen and oxygen atoms in total. The van der Waals surface area contributed by atoms with Gasteiger partial charge in [0.1, 0.15) is 0 Å². The van der Waals surface area contributed by atoms with E-state index in [2.05, 4.69) is 11.4 Å². The number of hydrogen-bond donors (Lipinski definition) is 1. The number of nitrogens with zero attached hydrogens (tertiary/aromatic N) is 1. The van der Waals surface area contributed by atoms with Crippen LogP contribution in [0.2, 0.25) is 0 Å². The first-order valence-corrected chi connectivity index (χ1v) is 2.65. The molecule has 0 spiro atoms. The molecular weight excluding hydrogens is 138 g/mol. The van der Waals surface area contributed by atoms with E-state index in [1.807, 2.05) is 0 Å². The fourth-order valence-corrected chi connectivity index (χ4v) is 0.383. The van der Waals surface area contributed by atoms with E-state index in [4.69, 9.17) is 5.11 Å². The maximum atomic E-state index is 9.70. The second-order valence-corrected chi connectivity index (χ2v) is 1.85. The van der Waals surface area contributed by atoms with Crippen LogP contribution in [0.3, 0.4) is 0 Å². The lowest BCUT2D eigenvalue weighted by Gasteiger charge is -2.09. The molecule has 0 saturated heterocycles. The van der Waals surface area contributed by atoms with E-state index in [0.717, 1.165) is 0 Å². The zero-order valence-electron chi connectivity index (χ0n) is 5.61. The average Bonchev–Trinajstić information content (AvgIpc) is 1.81. The Kier molecular flexibility index (Phi) is 3.42. The Bertz CT molecular complexity index is 145. The molecule has 0 radical (unpaired) electrons. The predicted molar refractivity (Wildman–Crippen MR) is 33.8 cm³/mol. The van der Waals surface area contributed by atoms with Crippen molar-refractivity contribution in [3.05, 3.63) is 22.3 Å². The van der Waals surface area contributed by atoms with Crippen molar-refractivity contribution in [2.24, 2.45) is 0 Å². The van der Waals surface area contributed by atoms with E-state index in [0.29, 0.717) is 5.57 Å². The highest BCUT2D eigenvalue weighted by Gasteiger charge is 2.11. The van der Waals surface area contributed by atoms with Crippen LogP contribution in [0.5, 0.6) is 0 Å². The normalized spacial score (nSPS) is 12.2. The fourth-order valence-electron chi connectivity index (χ4n) is 0.383. The van der Waals surface area contributed by atoms with Gasteiger partial charge in [-0.1, -0.05) is 6.58 Å². The van der Waals surface area contributed by atoms with Gasteiger partial charge in [-0.2, -0.15) is 0 Å². The molecule has 0 fully saturated rings. The van der Waals surface area contributed by atoms with Crippen molar-refractivity contribution >= 4 is 0 Å². The first kappa shape index (κ1) is 8.90. The third-order valence-corrected chi connectivity index (χ3v) is 0.929. The van der Waals surface area contributed by atoms with Crippen molar-refractivity contribution in [1.82, 2.24) is 0 Å². The maximum absolute atomic E-state index is 9.70. The van der Waals surface area contributed by atoms with E-state index in [-0.39, 0.29) is 0 Å². The summed E-state index contributed by atoms with van der Waals surface area (Å²) in [4.78, 5) is 13.7. The molecule has 0 aliphatic rings. The lowest BCUT2D eigenvalue weighted by atomic mass is 10.2. The largest absolute Gasteiger partial charge is 0.394 e. The summed E-state index contributed by atoms with van der Waals surface area (Å²) >= 11 is 0. The molecule has 1 atom stereocenters. The number of aliphatic hydroxyl groups is 1. The third kappa shape index (κ3) is 3.03. The second-order valence-electron chi connectivity index (χ2n) is 1.85. The minimum absolute atomic E-state index is 0.420. The highest BCUT2D eigenvalue weighted by atomic mass is 17.0. The molecule has 0 rings (SSSR count). The van der Waals surface area contributed by atoms with Gasteiger partial charge in [-0.15, -0.1) is 10.1 Å². The van der Waals surface area contributed by atoms with E-state index in [1.165, 1.54) is 0 Å². The molecule has 0 amide bonds. The van der Waals surface area contributed by atoms with Gasteiger partial charge in [0.05, 0.1) is 6.61 Å². The second kappa shape index (κ2) is 3.84. The fraction of sp³-hybridized carbons (Fsp3) is 0.600. The molecule has 0 aromatic carbocycles. The Balaban J connectivity index is 3.83. The van der Waals surface area contributed by atoms with Gasteiger partial charge in [0.2, 0.25) is 0 Å². The summed E-state index contributed by atoms with van der Waals surface area (Å²) in [6, 6.07) is 0. The topological polar surface area (TPSA) is 72.6 Å². The van der Waals surface area contributed by atoms with Crippen molar-refractivity contribution < 1.29 is 15.0 Å². The monoisotopic (exact) mass is 147 g/mol. The van der Waals surface area contributed by atoms with Crippen molar-refractivity contribution in [2.75, 3.05) is 6.61 Å². The first-order chi connectivity index (χ1) is 4.57. The summed E-state index contributed by atoms with van der Waals surface area (Å²) in [6.07, 6.45) is -0.894. The van der Waals surface area contributed by atoms with Gasteiger partial charge in [0.15, 0.2) is 6.10 Å². The summed E-state index contributed by atoms with van der Waals surface area (Å²) < 4.78 is 0. The standard InChI is InChI=1S/C5H9NO4/c1-4(2)5(3-7)10-6(8)9/h5,7H,1,3H2,2H3. The number of rotatable bonds is 4. The van der Waals surface area contributed by atoms with Gasteiger partial charge in [0.25, 0.3) is 5.09 Å². The molecule has 0 bridgehead atoms. The molecule has 0 aromatic heterocycles. The van der Waals surface area contributed by atoms with Gasteiger partial charge in [0, 0.05) is 0 Å². The highest BCUT2D eigenvalue weighted by Crippen LogP contribution is 2.01. The van der Waals surface area contributed by atoms with Gasteiger partial charge >= 0.3 is 0 Å². The smallest absolute Gasteiger partial charge is 0.295 e. The Hall–Kier alpha value is -1.10. The van der Waals surface area contributed by atoms with Gasteiger partial charge in [-0.25, -0.2) is 0 Å². The Morgan fingerprint density at radius 3 is 2.60 bits per heavy atom. The third-order valence-electron chi connectivity index (χ3n) is 0.929. The summed E-state index contributed by atoms with van der Waals surface area (Å²) in [7, 11) is 0. The molecule has 0 heterocycles. The predicted octanol–water partition coefficient (Wildman–Crippen LogP) is 0.132. The van der Waals surface area contributed by atoms with E-state index < -0.39 is 17.8 Å². The summed E-state index contributed by atoms with van der Waals surface area (Å²) in [5, 5.41) is 17.2. The van der Waals surface area contributed by atoms with E-state index in [1.54, 1.807) is 6.92 Å². The average molecular weight is 147 g/mol. The van der Waals surface area contributed by atoms with Crippen LogP contribution in [0.4, 0.5) is 0 Å². The van der Waals surface area contributed by atoms with Crippen LogP contribution < -0.4 is 0 Å². The van der Waals surface area contributed by atoms with Crippen molar-refractivity contribution in [1.29, 1.82) is 0 Å². The molecule has 1 unspecified atom stereocenters. The zero-order valence-corrected chi connectivity index (χ0v) is 5.61. The van der Waals surface area contributed by atoms with Crippen LogP contribution in [0, 0.1) is 10.1 Å². The molecule has 0 aromatic rings. The lowest BCUT2D eigenvalue weighted by molar-refractivity contribution is -0.766. The van der Waals surface area contributed by atoms with Crippen LogP contribution in [-0.4, -0.2) is 22.9 Å². The van der Waals surface area contributed by atoms with Crippen molar-refractivity contribution in [3.63, 3.8) is 0 Å². The molecule has 0 saturated carbocycles. The number of aliphatic hydroxyl groups excluding tert-OH is 1. The molecule has 10 heavy (non-hydrogen) atoms. The molecule has 5 heteroatoms. The van der Waals surface area contributed by atoms with Crippen LogP contribution in [0.25, 0.3) is 0 Å². The van der Waals surface area contributed by atoms with Crippen LogP contribution in [-0.2, 0) is 4.84 Å². The van der Waals surface area contributed by atoms with Crippen molar-refractivity contribution in [3.8, 4) is 0 Å². The SMILES string of the molecule is C=C(C)C(CO)O[N+](=O)[O-]. The Labute approximate surface area is 58.0 Å². The minimum Gasteiger partial charge on any atom is -0.394 e. The summed E-state index contributed by atoms with van der Waals surface area (Å²) in [5.41, 5.74) is 0.430. The van der Waals surface area contributed by atoms with E-state index >= 15 is 0 Å². The minimum atomic E-state index is -0.949. The van der Waals surface area contributed by atoms with Crippen LogP contribution in [0.15, 0.2) is 12.2 Å². The maximum Gasteiger partial charge on any atom is 0.295 e. The quantitative estimate of drug-likeness (QED) is 0.348. The summed E-state index contributed by atoms with van der Waals surface area (Å²) in [5.74, 6) is 0. The molecule has 0 aliphatic heterocycles. The Morgan fingerprint density at radius 1 is 2.00 bits per heavy atom. The molecular formula is C5H9NO4. The van der Waals surface area contributed by atoms with Crippen LogP contribution >= 0.6 is 0 Å². The van der Waals surface area contributed by atoms with E-state index in [9.17, 15) is 10.1 Å². The van der Waals surface area contributed by atoms with Gasteiger partial charge in [-0.3, -0.25) is 0 Å². The lowest BCUT2D eigenvalue weighted by Crippen LogP contribution is -2.21.